The van der Waals surface area contributed by atoms with Crippen molar-refractivity contribution in [2.75, 3.05) is 5.32 Å². The van der Waals surface area contributed by atoms with E-state index >= 15 is 0 Å². The first kappa shape index (κ1) is 18.6. The summed E-state index contributed by atoms with van der Waals surface area (Å²) in [4.78, 5) is 24.5. The molecule has 2 aromatic heterocycles. The first-order valence-corrected chi connectivity index (χ1v) is 9.16. The van der Waals surface area contributed by atoms with E-state index < -0.39 is 11.6 Å². The molecule has 0 fully saturated rings. The molecule has 0 aliphatic carbocycles. The van der Waals surface area contributed by atoms with Crippen LogP contribution in [-0.2, 0) is 17.9 Å². The minimum atomic E-state index is -0.485. The van der Waals surface area contributed by atoms with E-state index in [1.165, 1.54) is 6.07 Å². The number of benzene rings is 2. The van der Waals surface area contributed by atoms with Gasteiger partial charge in [0.05, 0.1) is 18.4 Å². The van der Waals surface area contributed by atoms with Crippen LogP contribution in [0.1, 0.15) is 27.2 Å². The van der Waals surface area contributed by atoms with Gasteiger partial charge in [-0.05, 0) is 42.8 Å². The van der Waals surface area contributed by atoms with Crippen LogP contribution in [0, 0.1) is 6.92 Å². The summed E-state index contributed by atoms with van der Waals surface area (Å²) in [6.45, 7) is 2.33. The monoisotopic (exact) mass is 389 g/mol. The highest BCUT2D eigenvalue weighted by atomic mass is 16.5. The number of carbonyl (C=O) groups is 1. The van der Waals surface area contributed by atoms with Crippen molar-refractivity contribution in [3.63, 3.8) is 0 Å². The largest absolute Gasteiger partial charge is 0.467 e. The van der Waals surface area contributed by atoms with Gasteiger partial charge in [0.2, 0.25) is 0 Å². The minimum absolute atomic E-state index is 0.0312. The van der Waals surface area contributed by atoms with E-state index in [2.05, 4.69) is 5.32 Å². The lowest BCUT2D eigenvalue weighted by molar-refractivity contribution is 0.0475. The molecule has 29 heavy (non-hydrogen) atoms. The number of hydrogen-bond donors (Lipinski definition) is 1. The Bertz CT molecular complexity index is 1210. The highest BCUT2D eigenvalue weighted by Gasteiger charge is 2.14. The standard InChI is InChI=1S/C23H19NO5/c1-15-8-9-18-16(12-22(25)29-21(18)11-15)14-28-23(26)19-6-2-3-7-20(19)24-13-17-5-4-10-27-17/h2-12,24H,13-14H2,1H3. The Morgan fingerprint density at radius 1 is 1.07 bits per heavy atom. The average molecular weight is 389 g/mol. The maximum absolute atomic E-state index is 12.7. The molecule has 0 aliphatic rings. The van der Waals surface area contributed by atoms with Gasteiger partial charge in [-0.1, -0.05) is 24.3 Å². The van der Waals surface area contributed by atoms with Crippen LogP contribution in [0.2, 0.25) is 0 Å². The molecule has 6 heteroatoms. The zero-order valence-corrected chi connectivity index (χ0v) is 15.8. The van der Waals surface area contributed by atoms with Crippen LogP contribution in [0.15, 0.2) is 80.6 Å². The van der Waals surface area contributed by atoms with Gasteiger partial charge in [-0.25, -0.2) is 9.59 Å². The van der Waals surface area contributed by atoms with E-state index in [4.69, 9.17) is 13.6 Å². The Morgan fingerprint density at radius 2 is 1.93 bits per heavy atom. The fraction of sp³-hybridized carbons (Fsp3) is 0.130. The van der Waals surface area contributed by atoms with Crippen molar-refractivity contribution in [3.05, 3.63) is 99.8 Å². The second-order valence-electron chi connectivity index (χ2n) is 6.64. The van der Waals surface area contributed by atoms with E-state index in [-0.39, 0.29) is 6.61 Å². The van der Waals surface area contributed by atoms with Crippen LogP contribution in [-0.4, -0.2) is 5.97 Å². The van der Waals surface area contributed by atoms with Gasteiger partial charge in [0, 0.05) is 22.7 Å². The van der Waals surface area contributed by atoms with Gasteiger partial charge < -0.3 is 18.9 Å². The van der Waals surface area contributed by atoms with Crippen LogP contribution in [0.4, 0.5) is 5.69 Å². The summed E-state index contributed by atoms with van der Waals surface area (Å²) in [7, 11) is 0. The number of ether oxygens (including phenoxy) is 1. The predicted octanol–water partition coefficient (Wildman–Crippen LogP) is 4.66. The molecule has 0 bridgehead atoms. The smallest absolute Gasteiger partial charge is 0.340 e. The minimum Gasteiger partial charge on any atom is -0.467 e. The third-order valence-corrected chi connectivity index (χ3v) is 4.52. The van der Waals surface area contributed by atoms with Gasteiger partial charge in [0.15, 0.2) is 0 Å². The maximum atomic E-state index is 12.7. The van der Waals surface area contributed by atoms with Crippen LogP contribution >= 0.6 is 0 Å². The third-order valence-electron chi connectivity index (χ3n) is 4.52. The molecule has 2 heterocycles. The SMILES string of the molecule is Cc1ccc2c(COC(=O)c3ccccc3NCc3ccco3)cc(=O)oc2c1. The van der Waals surface area contributed by atoms with Gasteiger partial charge in [-0.2, -0.15) is 0 Å². The zero-order valence-electron chi connectivity index (χ0n) is 15.8. The quantitative estimate of drug-likeness (QED) is 0.381. The van der Waals surface area contributed by atoms with E-state index in [0.717, 1.165) is 16.7 Å². The number of furan rings is 1. The van der Waals surface area contributed by atoms with Crippen molar-refractivity contribution < 1.29 is 18.4 Å². The number of esters is 1. The van der Waals surface area contributed by atoms with Gasteiger partial charge in [0.25, 0.3) is 0 Å². The molecule has 0 aliphatic heterocycles. The Morgan fingerprint density at radius 3 is 2.76 bits per heavy atom. The Hall–Kier alpha value is -3.80. The molecule has 4 rings (SSSR count). The summed E-state index contributed by atoms with van der Waals surface area (Å²) >= 11 is 0. The first-order valence-electron chi connectivity index (χ1n) is 9.16. The van der Waals surface area contributed by atoms with Crippen molar-refractivity contribution in [1.82, 2.24) is 0 Å². The summed E-state index contributed by atoms with van der Waals surface area (Å²) in [6.07, 6.45) is 1.60. The average Bonchev–Trinajstić information content (AvgIpc) is 3.23. The molecular formula is C23H19NO5. The highest BCUT2D eigenvalue weighted by molar-refractivity contribution is 5.95. The van der Waals surface area contributed by atoms with Crippen LogP contribution in [0.3, 0.4) is 0 Å². The van der Waals surface area contributed by atoms with Crippen molar-refractivity contribution in [2.45, 2.75) is 20.1 Å². The lowest BCUT2D eigenvalue weighted by Gasteiger charge is -2.12. The predicted molar refractivity (Wildman–Crippen MR) is 109 cm³/mol. The molecule has 6 nitrogen and oxygen atoms in total. The molecule has 0 saturated heterocycles. The van der Waals surface area contributed by atoms with Crippen molar-refractivity contribution in [3.8, 4) is 0 Å². The second kappa shape index (κ2) is 8.06. The molecule has 1 N–H and O–H groups in total. The number of nitrogens with one attached hydrogen (secondary N) is 1. The normalized spacial score (nSPS) is 10.8. The van der Waals surface area contributed by atoms with Crippen molar-refractivity contribution in [1.29, 1.82) is 0 Å². The van der Waals surface area contributed by atoms with Crippen LogP contribution in [0.5, 0.6) is 0 Å². The van der Waals surface area contributed by atoms with Crippen molar-refractivity contribution >= 4 is 22.6 Å². The summed E-state index contributed by atoms with van der Waals surface area (Å²) in [5.41, 5.74) is 2.62. The fourth-order valence-electron chi connectivity index (χ4n) is 3.09. The molecule has 4 aromatic rings. The summed E-state index contributed by atoms with van der Waals surface area (Å²) in [5.74, 6) is 0.270. The van der Waals surface area contributed by atoms with Gasteiger partial charge in [-0.3, -0.25) is 0 Å². The van der Waals surface area contributed by atoms with E-state index in [0.29, 0.717) is 28.9 Å². The third kappa shape index (κ3) is 4.21. The van der Waals surface area contributed by atoms with E-state index in [1.807, 2.05) is 31.2 Å². The topological polar surface area (TPSA) is 81.7 Å². The number of fused-ring (bicyclic) bond motifs is 1. The lowest BCUT2D eigenvalue weighted by Crippen LogP contribution is -2.11. The Balaban J connectivity index is 1.52. The molecule has 0 saturated carbocycles. The number of anilines is 1. The number of hydrogen-bond acceptors (Lipinski definition) is 6. The van der Waals surface area contributed by atoms with Crippen molar-refractivity contribution in [2.24, 2.45) is 0 Å². The zero-order chi connectivity index (χ0) is 20.2. The molecule has 0 atom stereocenters. The van der Waals surface area contributed by atoms with E-state index in [1.54, 1.807) is 36.6 Å². The molecule has 2 aromatic carbocycles. The van der Waals surface area contributed by atoms with Gasteiger partial charge in [-0.15, -0.1) is 0 Å². The summed E-state index contributed by atoms with van der Waals surface area (Å²) < 4.78 is 16.1. The van der Waals surface area contributed by atoms with E-state index in [9.17, 15) is 9.59 Å². The second-order valence-corrected chi connectivity index (χ2v) is 6.64. The fourth-order valence-corrected chi connectivity index (χ4v) is 3.09. The molecule has 146 valence electrons. The highest BCUT2D eigenvalue weighted by Crippen LogP contribution is 2.21. The lowest BCUT2D eigenvalue weighted by atomic mass is 10.1. The first-order chi connectivity index (χ1) is 14.1. The number of aryl methyl sites for hydroxylation is 1. The Kier molecular flexibility index (Phi) is 5.16. The molecular weight excluding hydrogens is 370 g/mol. The Labute approximate surface area is 166 Å². The van der Waals surface area contributed by atoms with Gasteiger partial charge >= 0.3 is 11.6 Å². The molecule has 0 amide bonds. The summed E-state index contributed by atoms with van der Waals surface area (Å²) in [5, 5.41) is 3.92. The molecule has 0 unspecified atom stereocenters. The molecule has 0 radical (unpaired) electrons. The maximum Gasteiger partial charge on any atom is 0.340 e. The number of carbonyl (C=O) groups excluding carboxylic acids is 1. The van der Waals surface area contributed by atoms with Gasteiger partial charge in [0.1, 0.15) is 18.0 Å². The number of para-hydroxylation sites is 1. The summed E-state index contributed by atoms with van der Waals surface area (Å²) in [6, 6.07) is 17.7. The number of rotatable bonds is 6. The molecule has 0 spiro atoms. The van der Waals surface area contributed by atoms with Crippen LogP contribution in [0.25, 0.3) is 11.0 Å². The van der Waals surface area contributed by atoms with Crippen LogP contribution < -0.4 is 10.9 Å².